The molecule has 4 N–H and O–H groups in total. The van der Waals surface area contributed by atoms with Crippen LogP contribution in [0.1, 0.15) is 34.1 Å². The van der Waals surface area contributed by atoms with E-state index in [0.29, 0.717) is 19.2 Å². The minimum Gasteiger partial charge on any atom is -0.377 e. The maximum Gasteiger partial charge on any atom is 0.501 e. The molecule has 0 saturated carbocycles. The van der Waals surface area contributed by atoms with Crippen molar-refractivity contribution in [1.82, 2.24) is 0 Å². The van der Waals surface area contributed by atoms with E-state index in [1.807, 2.05) is 27.7 Å². The van der Waals surface area contributed by atoms with E-state index in [2.05, 4.69) is 4.99 Å². The van der Waals surface area contributed by atoms with Gasteiger partial charge >= 0.3 is 8.80 Å². The summed E-state index contributed by atoms with van der Waals surface area (Å²) < 4.78 is 17.3. The van der Waals surface area contributed by atoms with Crippen molar-refractivity contribution in [2.24, 2.45) is 16.5 Å². The van der Waals surface area contributed by atoms with Gasteiger partial charge in [0.15, 0.2) is 5.96 Å². The highest BCUT2D eigenvalue weighted by Gasteiger charge is 2.42. The molecule has 0 aromatic rings. The van der Waals surface area contributed by atoms with Crippen LogP contribution in [0.2, 0.25) is 6.04 Å². The van der Waals surface area contributed by atoms with Gasteiger partial charge in [0.2, 0.25) is 0 Å². The molecule has 1 unspecified atom stereocenters. The van der Waals surface area contributed by atoms with Gasteiger partial charge in [-0.2, -0.15) is 0 Å². The first-order chi connectivity index (χ1) is 8.24. The maximum atomic E-state index is 6.01. The summed E-state index contributed by atoms with van der Waals surface area (Å²) >= 11 is 0. The van der Waals surface area contributed by atoms with Crippen LogP contribution in [-0.4, -0.2) is 40.6 Å². The first-order valence-corrected chi connectivity index (χ1v) is 8.12. The van der Waals surface area contributed by atoms with E-state index in [9.17, 15) is 0 Å². The molecule has 0 radical (unpaired) electrons. The summed E-state index contributed by atoms with van der Waals surface area (Å²) in [6.07, 6.45) is 0.772. The second-order valence-corrected chi connectivity index (χ2v) is 7.71. The van der Waals surface area contributed by atoms with Crippen LogP contribution in [0.4, 0.5) is 0 Å². The molecule has 0 spiro atoms. The van der Waals surface area contributed by atoms with Crippen molar-refractivity contribution in [3.63, 3.8) is 0 Å². The number of guanidine groups is 1. The fourth-order valence-corrected chi connectivity index (χ4v) is 4.22. The summed E-state index contributed by atoms with van der Waals surface area (Å²) in [4.78, 5) is 3.95. The molecule has 0 aromatic heterocycles. The fourth-order valence-electron chi connectivity index (χ4n) is 1.55. The van der Waals surface area contributed by atoms with Crippen LogP contribution < -0.4 is 11.5 Å². The average Bonchev–Trinajstić information content (AvgIpc) is 2.22. The van der Waals surface area contributed by atoms with E-state index in [-0.39, 0.29) is 11.6 Å². The van der Waals surface area contributed by atoms with Gasteiger partial charge in [-0.05, 0) is 34.1 Å². The van der Waals surface area contributed by atoms with E-state index in [4.69, 9.17) is 24.7 Å². The smallest absolute Gasteiger partial charge is 0.377 e. The summed E-state index contributed by atoms with van der Waals surface area (Å²) in [7, 11) is -0.995. The van der Waals surface area contributed by atoms with E-state index in [1.165, 1.54) is 0 Å². The lowest BCUT2D eigenvalue weighted by molar-refractivity contribution is 0.00771. The molecule has 0 bridgehead atoms. The van der Waals surface area contributed by atoms with Crippen molar-refractivity contribution < 1.29 is 13.3 Å². The highest BCUT2D eigenvalue weighted by Crippen LogP contribution is 2.23. The van der Waals surface area contributed by atoms with Gasteiger partial charge in [-0.15, -0.1) is 0 Å². The average molecular weight is 277 g/mol. The molecule has 0 heterocycles. The normalized spacial score (nSPS) is 15.2. The zero-order valence-corrected chi connectivity index (χ0v) is 13.2. The molecule has 0 rings (SSSR count). The molecule has 18 heavy (non-hydrogen) atoms. The third-order valence-electron chi connectivity index (χ3n) is 2.07. The first kappa shape index (κ1) is 17.4. The molecule has 0 amide bonds. The summed E-state index contributed by atoms with van der Waals surface area (Å²) in [5, 5.41) is 0. The maximum absolute atomic E-state index is 6.01. The van der Waals surface area contributed by atoms with Crippen molar-refractivity contribution in [2.75, 3.05) is 20.3 Å². The minimum absolute atomic E-state index is 0.104. The van der Waals surface area contributed by atoms with E-state index in [1.54, 1.807) is 7.11 Å². The van der Waals surface area contributed by atoms with Crippen LogP contribution in [-0.2, 0) is 13.3 Å². The summed E-state index contributed by atoms with van der Waals surface area (Å²) in [6, 6.07) is 0.700. The number of nitrogens with zero attached hydrogens (tertiary/aromatic N) is 1. The molecule has 0 aliphatic heterocycles. The lowest BCUT2D eigenvalue weighted by Crippen LogP contribution is -2.49. The highest BCUT2D eigenvalue weighted by molar-refractivity contribution is 6.60. The number of aliphatic imine (C=N–C) groups is 1. The molecular weight excluding hydrogens is 250 g/mol. The Bertz CT molecular complexity index is 265. The van der Waals surface area contributed by atoms with Gasteiger partial charge in [0, 0.05) is 26.3 Å². The summed E-state index contributed by atoms with van der Waals surface area (Å²) in [5.41, 5.74) is 10.3. The van der Waals surface area contributed by atoms with Crippen molar-refractivity contribution >= 4 is 14.8 Å². The van der Waals surface area contributed by atoms with Crippen LogP contribution in [0.15, 0.2) is 4.99 Å². The molecular formula is C11H27N3O3Si. The third-order valence-corrected chi connectivity index (χ3v) is 5.31. The Hall–Kier alpha value is -0.633. The summed E-state index contributed by atoms with van der Waals surface area (Å²) in [6.45, 7) is 9.02. The van der Waals surface area contributed by atoms with E-state index >= 15 is 0 Å². The topological polar surface area (TPSA) is 92.1 Å². The van der Waals surface area contributed by atoms with Crippen LogP contribution in [0.25, 0.3) is 0 Å². The predicted molar refractivity (Wildman–Crippen MR) is 75.3 cm³/mol. The van der Waals surface area contributed by atoms with Gasteiger partial charge in [0.05, 0.1) is 5.60 Å². The Labute approximate surface area is 111 Å². The Morgan fingerprint density at radius 2 is 1.89 bits per heavy atom. The zero-order chi connectivity index (χ0) is 14.2. The Morgan fingerprint density at radius 3 is 2.28 bits per heavy atom. The lowest BCUT2D eigenvalue weighted by Gasteiger charge is -2.34. The quantitative estimate of drug-likeness (QED) is 0.300. The van der Waals surface area contributed by atoms with Gasteiger partial charge in [0.25, 0.3) is 0 Å². The van der Waals surface area contributed by atoms with Crippen molar-refractivity contribution in [1.29, 1.82) is 0 Å². The number of hydrogen-bond donors (Lipinski definition) is 2. The first-order valence-electron chi connectivity index (χ1n) is 6.19. The minimum atomic E-state index is -2.63. The second kappa shape index (κ2) is 7.73. The molecule has 0 aliphatic carbocycles. The molecule has 108 valence electrons. The van der Waals surface area contributed by atoms with Crippen LogP contribution in [0, 0.1) is 0 Å². The standard InChI is InChI=1S/C11H27N3O3Si/c1-6-16-18(15-5,17-11(2,3)4)9-7-8-14-10(12)13/h6-9H2,1-5H3,(H4,12,13,14). The van der Waals surface area contributed by atoms with Crippen molar-refractivity contribution in [2.45, 2.75) is 45.8 Å². The molecule has 0 aliphatic rings. The Morgan fingerprint density at radius 1 is 1.28 bits per heavy atom. The summed E-state index contributed by atoms with van der Waals surface area (Å²) in [5.74, 6) is 0.104. The zero-order valence-electron chi connectivity index (χ0n) is 12.2. The lowest BCUT2D eigenvalue weighted by atomic mass is 10.2. The Kier molecular flexibility index (Phi) is 7.45. The largest absolute Gasteiger partial charge is 0.501 e. The second-order valence-electron chi connectivity index (χ2n) is 4.94. The van der Waals surface area contributed by atoms with Crippen molar-refractivity contribution in [3.8, 4) is 0 Å². The Balaban J connectivity index is 4.50. The van der Waals surface area contributed by atoms with Gasteiger partial charge in [0.1, 0.15) is 0 Å². The third kappa shape index (κ3) is 7.65. The van der Waals surface area contributed by atoms with E-state index < -0.39 is 8.80 Å². The van der Waals surface area contributed by atoms with E-state index in [0.717, 1.165) is 6.42 Å². The molecule has 7 heteroatoms. The number of rotatable bonds is 8. The molecule has 1 atom stereocenters. The van der Waals surface area contributed by atoms with Crippen LogP contribution >= 0.6 is 0 Å². The molecule has 0 fully saturated rings. The fraction of sp³-hybridized carbons (Fsp3) is 0.909. The molecule has 0 saturated heterocycles. The SMILES string of the molecule is CCO[Si](CCCN=C(N)N)(OC)OC(C)(C)C. The predicted octanol–water partition coefficient (Wildman–Crippen LogP) is 1.09. The van der Waals surface area contributed by atoms with Gasteiger partial charge in [-0.1, -0.05) is 0 Å². The van der Waals surface area contributed by atoms with Gasteiger partial charge in [-0.25, -0.2) is 0 Å². The van der Waals surface area contributed by atoms with Gasteiger partial charge in [-0.3, -0.25) is 4.99 Å². The molecule has 0 aromatic carbocycles. The van der Waals surface area contributed by atoms with Crippen molar-refractivity contribution in [3.05, 3.63) is 0 Å². The number of nitrogens with two attached hydrogens (primary N) is 2. The van der Waals surface area contributed by atoms with Crippen LogP contribution in [0.3, 0.4) is 0 Å². The van der Waals surface area contributed by atoms with Crippen LogP contribution in [0.5, 0.6) is 0 Å². The number of hydrogen-bond acceptors (Lipinski definition) is 4. The van der Waals surface area contributed by atoms with Gasteiger partial charge < -0.3 is 24.7 Å². The monoisotopic (exact) mass is 277 g/mol. The molecule has 6 nitrogen and oxygen atoms in total. The highest BCUT2D eigenvalue weighted by atomic mass is 28.4.